The third-order valence-electron chi connectivity index (χ3n) is 4.13. The van der Waals surface area contributed by atoms with Crippen LogP contribution in [0, 0.1) is 10.1 Å². The van der Waals surface area contributed by atoms with Gasteiger partial charge in [0.25, 0.3) is 5.69 Å². The summed E-state index contributed by atoms with van der Waals surface area (Å²) in [5.41, 5.74) is 0.522. The monoisotopic (exact) mass is 495 g/mol. The molecule has 0 saturated carbocycles. The third kappa shape index (κ3) is 6.26. The molecule has 0 radical (unpaired) electrons. The number of nitrogens with one attached hydrogen (secondary N) is 1. The van der Waals surface area contributed by atoms with E-state index in [1.165, 1.54) is 30.3 Å². The number of nitrogens with zero attached hydrogens (tertiary/aromatic N) is 4. The zero-order valence-electron chi connectivity index (χ0n) is 16.8. The number of hydrogen-bond acceptors (Lipinski definition) is 7. The van der Waals surface area contributed by atoms with Crippen molar-refractivity contribution in [3.8, 4) is 17.1 Å². The van der Waals surface area contributed by atoms with Gasteiger partial charge in [-0.2, -0.15) is 8.78 Å². The Morgan fingerprint density at radius 3 is 2.67 bits per heavy atom. The largest absolute Gasteiger partial charge is 0.435 e. The van der Waals surface area contributed by atoms with Crippen LogP contribution in [0.5, 0.6) is 5.75 Å². The van der Waals surface area contributed by atoms with Gasteiger partial charge in [-0.05, 0) is 36.4 Å². The number of hydrogen-bond donors (Lipinski definition) is 1. The SMILES string of the molecule is C=CCn1c(SCC(=O)Nc2ccc(Cl)c([N+](=O)[O-])c2)nnc1-c1ccc(OC(F)F)cc1. The second-order valence-corrected chi connectivity index (χ2v) is 7.72. The Hall–Kier alpha value is -3.51. The lowest BCUT2D eigenvalue weighted by Crippen LogP contribution is -2.14. The van der Waals surface area contributed by atoms with Gasteiger partial charge in [-0.25, -0.2) is 0 Å². The van der Waals surface area contributed by atoms with Gasteiger partial charge in [0, 0.05) is 23.9 Å². The zero-order chi connectivity index (χ0) is 24.0. The summed E-state index contributed by atoms with van der Waals surface area (Å²) < 4.78 is 30.7. The van der Waals surface area contributed by atoms with Crippen molar-refractivity contribution in [3.05, 3.63) is 70.3 Å². The minimum absolute atomic E-state index is 0.0113. The number of alkyl halides is 2. The highest BCUT2D eigenvalue weighted by Gasteiger charge is 2.17. The molecule has 1 amide bonds. The summed E-state index contributed by atoms with van der Waals surface area (Å²) in [5, 5.41) is 22.2. The number of thioether (sulfide) groups is 1. The number of carbonyl (C=O) groups is 1. The average molecular weight is 496 g/mol. The summed E-state index contributed by atoms with van der Waals surface area (Å²) in [5.74, 6) is -0.000783. The van der Waals surface area contributed by atoms with Crippen molar-refractivity contribution in [2.24, 2.45) is 0 Å². The number of halogens is 3. The van der Waals surface area contributed by atoms with E-state index in [9.17, 15) is 23.7 Å². The van der Waals surface area contributed by atoms with Crippen LogP contribution in [0.25, 0.3) is 11.4 Å². The number of amides is 1. The fraction of sp³-hybridized carbons (Fsp3) is 0.150. The van der Waals surface area contributed by atoms with Gasteiger partial charge in [-0.1, -0.05) is 29.4 Å². The summed E-state index contributed by atoms with van der Waals surface area (Å²) >= 11 is 6.88. The number of rotatable bonds is 10. The summed E-state index contributed by atoms with van der Waals surface area (Å²) in [6.45, 7) is 1.12. The number of nitro benzene ring substituents is 1. The molecule has 0 bridgehead atoms. The molecule has 1 heterocycles. The van der Waals surface area contributed by atoms with Gasteiger partial charge in [0.2, 0.25) is 5.91 Å². The molecule has 0 atom stereocenters. The molecule has 0 saturated heterocycles. The molecule has 0 unspecified atom stereocenters. The molecule has 0 spiro atoms. The Balaban J connectivity index is 1.71. The normalized spacial score (nSPS) is 10.8. The van der Waals surface area contributed by atoms with Crippen LogP contribution in [-0.2, 0) is 11.3 Å². The summed E-state index contributed by atoms with van der Waals surface area (Å²) in [6, 6.07) is 9.86. The molecule has 13 heteroatoms. The van der Waals surface area contributed by atoms with Crippen molar-refractivity contribution in [1.29, 1.82) is 0 Å². The Morgan fingerprint density at radius 2 is 2.03 bits per heavy atom. The van der Waals surface area contributed by atoms with E-state index in [0.717, 1.165) is 11.8 Å². The lowest BCUT2D eigenvalue weighted by Gasteiger charge is -2.09. The van der Waals surface area contributed by atoms with Gasteiger partial charge < -0.3 is 10.1 Å². The van der Waals surface area contributed by atoms with Gasteiger partial charge in [0.05, 0.1) is 10.7 Å². The van der Waals surface area contributed by atoms with Gasteiger partial charge >= 0.3 is 6.61 Å². The number of anilines is 1. The molecule has 1 aromatic heterocycles. The van der Waals surface area contributed by atoms with Crippen molar-refractivity contribution in [1.82, 2.24) is 14.8 Å². The maximum absolute atomic E-state index is 12.3. The van der Waals surface area contributed by atoms with Gasteiger partial charge in [-0.3, -0.25) is 19.5 Å². The van der Waals surface area contributed by atoms with Crippen LogP contribution in [0.2, 0.25) is 5.02 Å². The summed E-state index contributed by atoms with van der Waals surface area (Å²) in [4.78, 5) is 22.7. The van der Waals surface area contributed by atoms with E-state index in [0.29, 0.717) is 23.1 Å². The van der Waals surface area contributed by atoms with Crippen LogP contribution in [-0.4, -0.2) is 38.0 Å². The van der Waals surface area contributed by atoms with Crippen LogP contribution in [0.15, 0.2) is 60.3 Å². The van der Waals surface area contributed by atoms with Gasteiger partial charge in [-0.15, -0.1) is 16.8 Å². The van der Waals surface area contributed by atoms with E-state index >= 15 is 0 Å². The number of aromatic nitrogens is 3. The van der Waals surface area contributed by atoms with Crippen LogP contribution in [0.3, 0.4) is 0 Å². The topological polar surface area (TPSA) is 112 Å². The highest BCUT2D eigenvalue weighted by Crippen LogP contribution is 2.28. The number of carbonyl (C=O) groups excluding carboxylic acids is 1. The molecular weight excluding hydrogens is 480 g/mol. The quantitative estimate of drug-likeness (QED) is 0.182. The molecule has 172 valence electrons. The Labute approximate surface area is 195 Å². The van der Waals surface area contributed by atoms with Crippen molar-refractivity contribution < 1.29 is 23.2 Å². The molecule has 3 rings (SSSR count). The summed E-state index contributed by atoms with van der Waals surface area (Å²) in [7, 11) is 0. The first kappa shape index (κ1) is 24.1. The zero-order valence-corrected chi connectivity index (χ0v) is 18.4. The van der Waals surface area contributed by atoms with Crippen molar-refractivity contribution in [2.45, 2.75) is 18.3 Å². The highest BCUT2D eigenvalue weighted by atomic mass is 35.5. The Bertz CT molecular complexity index is 1170. The summed E-state index contributed by atoms with van der Waals surface area (Å²) in [6.07, 6.45) is 1.62. The smallest absolute Gasteiger partial charge is 0.387 e. The van der Waals surface area contributed by atoms with Crippen LogP contribution in [0.4, 0.5) is 20.2 Å². The molecule has 0 aliphatic carbocycles. The molecule has 0 aliphatic heterocycles. The van der Waals surface area contributed by atoms with E-state index in [2.05, 4.69) is 26.8 Å². The number of ether oxygens (including phenoxy) is 1. The predicted octanol–water partition coefficient (Wildman–Crippen LogP) is 5.02. The molecule has 0 fully saturated rings. The molecule has 2 aromatic carbocycles. The molecule has 33 heavy (non-hydrogen) atoms. The second kappa shape index (κ2) is 10.9. The van der Waals surface area contributed by atoms with Crippen molar-refractivity contribution >= 4 is 40.6 Å². The predicted molar refractivity (Wildman–Crippen MR) is 120 cm³/mol. The first-order chi connectivity index (χ1) is 15.8. The lowest BCUT2D eigenvalue weighted by atomic mass is 10.2. The molecule has 0 aliphatic rings. The molecule has 9 nitrogen and oxygen atoms in total. The van der Waals surface area contributed by atoms with E-state index in [1.54, 1.807) is 22.8 Å². The number of nitro groups is 1. The lowest BCUT2D eigenvalue weighted by molar-refractivity contribution is -0.384. The van der Waals surface area contributed by atoms with Crippen molar-refractivity contribution in [3.63, 3.8) is 0 Å². The van der Waals surface area contributed by atoms with Crippen LogP contribution < -0.4 is 10.1 Å². The molecule has 3 aromatic rings. The standard InChI is InChI=1S/C20H16ClF2N5O4S/c1-2-9-27-18(12-3-6-14(7-4-12)32-19(22)23)25-26-20(27)33-11-17(29)24-13-5-8-15(21)16(10-13)28(30)31/h2-8,10,19H,1,9,11H2,(H,24,29). The first-order valence-electron chi connectivity index (χ1n) is 9.24. The third-order valence-corrected chi connectivity index (χ3v) is 5.41. The van der Waals surface area contributed by atoms with E-state index < -0.39 is 17.4 Å². The van der Waals surface area contributed by atoms with E-state index in [1.807, 2.05) is 0 Å². The van der Waals surface area contributed by atoms with E-state index in [4.69, 9.17) is 11.6 Å². The Kier molecular flexibility index (Phi) is 7.96. The Morgan fingerprint density at radius 1 is 1.30 bits per heavy atom. The average Bonchev–Trinajstić information content (AvgIpc) is 3.16. The second-order valence-electron chi connectivity index (χ2n) is 6.37. The van der Waals surface area contributed by atoms with Crippen LogP contribution in [0.1, 0.15) is 0 Å². The van der Waals surface area contributed by atoms with Gasteiger partial charge in [0.1, 0.15) is 10.8 Å². The van der Waals surface area contributed by atoms with E-state index in [-0.39, 0.29) is 27.9 Å². The van der Waals surface area contributed by atoms with Crippen LogP contribution >= 0.6 is 23.4 Å². The van der Waals surface area contributed by atoms with Crippen molar-refractivity contribution in [2.75, 3.05) is 11.1 Å². The fourth-order valence-electron chi connectivity index (χ4n) is 2.75. The first-order valence-corrected chi connectivity index (χ1v) is 10.6. The minimum atomic E-state index is -2.92. The maximum Gasteiger partial charge on any atom is 0.387 e. The molecule has 1 N–H and O–H groups in total. The maximum atomic E-state index is 12.3. The minimum Gasteiger partial charge on any atom is -0.435 e. The fourth-order valence-corrected chi connectivity index (χ4v) is 3.68. The molecular formula is C20H16ClF2N5O4S. The van der Waals surface area contributed by atoms with Gasteiger partial charge in [0.15, 0.2) is 11.0 Å². The number of allylic oxidation sites excluding steroid dienone is 1. The highest BCUT2D eigenvalue weighted by molar-refractivity contribution is 7.99. The number of benzene rings is 2.